The van der Waals surface area contributed by atoms with E-state index in [2.05, 4.69) is 17.1 Å². The summed E-state index contributed by atoms with van der Waals surface area (Å²) < 4.78 is 4.80. The van der Waals surface area contributed by atoms with Gasteiger partial charge in [-0.05, 0) is 38.0 Å². The highest BCUT2D eigenvalue weighted by Gasteiger charge is 2.38. The summed E-state index contributed by atoms with van der Waals surface area (Å²) in [4.78, 5) is 26.1. The molecule has 0 aromatic heterocycles. The van der Waals surface area contributed by atoms with Crippen molar-refractivity contribution in [1.82, 2.24) is 10.2 Å². The second-order valence-electron chi connectivity index (χ2n) is 6.44. The summed E-state index contributed by atoms with van der Waals surface area (Å²) in [6.07, 6.45) is 5.77. The number of esters is 1. The van der Waals surface area contributed by atoms with E-state index in [0.717, 1.165) is 18.8 Å². The van der Waals surface area contributed by atoms with Gasteiger partial charge in [0.25, 0.3) is 0 Å². The van der Waals surface area contributed by atoms with Crippen molar-refractivity contribution in [3.8, 4) is 0 Å². The van der Waals surface area contributed by atoms with Gasteiger partial charge in [-0.15, -0.1) is 0 Å². The van der Waals surface area contributed by atoms with Crippen LogP contribution in [-0.4, -0.2) is 48.6 Å². The Kier molecular flexibility index (Phi) is 5.62. The molecule has 0 aromatic rings. The van der Waals surface area contributed by atoms with Crippen molar-refractivity contribution in [3.63, 3.8) is 0 Å². The molecule has 1 aliphatic carbocycles. The number of nitrogens with zero attached hydrogens (tertiary/aromatic N) is 1. The number of amides is 1. The predicted octanol–water partition coefficient (Wildman–Crippen LogP) is 1.71. The van der Waals surface area contributed by atoms with Crippen LogP contribution in [0.5, 0.6) is 0 Å². The topological polar surface area (TPSA) is 58.6 Å². The molecule has 1 amide bonds. The SMILES string of the molecule is CCC(=O)N(C1CCC(C)CC1)[C@@H]1CN[C@H](C(=O)OC)C1. The lowest BCUT2D eigenvalue weighted by molar-refractivity contribution is -0.143. The van der Waals surface area contributed by atoms with Gasteiger partial charge in [-0.1, -0.05) is 13.8 Å². The highest BCUT2D eigenvalue weighted by molar-refractivity contribution is 5.78. The summed E-state index contributed by atoms with van der Waals surface area (Å²) in [6, 6.07) is 0.200. The van der Waals surface area contributed by atoms with E-state index in [1.165, 1.54) is 20.0 Å². The van der Waals surface area contributed by atoms with Crippen LogP contribution < -0.4 is 5.32 Å². The number of methoxy groups -OCH3 is 1. The second kappa shape index (κ2) is 7.25. The molecule has 5 nitrogen and oxygen atoms in total. The Balaban J connectivity index is 2.03. The third-order valence-electron chi connectivity index (χ3n) is 4.96. The summed E-state index contributed by atoms with van der Waals surface area (Å²) in [5, 5.41) is 3.20. The van der Waals surface area contributed by atoms with Crippen LogP contribution >= 0.6 is 0 Å². The van der Waals surface area contributed by atoms with Gasteiger partial charge in [0.1, 0.15) is 6.04 Å². The van der Waals surface area contributed by atoms with E-state index in [-0.39, 0.29) is 24.0 Å². The molecule has 2 atom stereocenters. The molecule has 1 heterocycles. The molecule has 1 N–H and O–H groups in total. The molecule has 2 rings (SSSR count). The van der Waals surface area contributed by atoms with E-state index < -0.39 is 0 Å². The minimum Gasteiger partial charge on any atom is -0.468 e. The first-order chi connectivity index (χ1) is 10.1. The van der Waals surface area contributed by atoms with Crippen LogP contribution in [0, 0.1) is 5.92 Å². The van der Waals surface area contributed by atoms with Crippen molar-refractivity contribution >= 4 is 11.9 Å². The highest BCUT2D eigenvalue weighted by atomic mass is 16.5. The Hall–Kier alpha value is -1.10. The molecule has 0 aromatic carbocycles. The number of carbonyl (C=O) groups excluding carboxylic acids is 2. The fraction of sp³-hybridized carbons (Fsp3) is 0.875. The molecule has 2 aliphatic rings. The number of carbonyl (C=O) groups is 2. The van der Waals surface area contributed by atoms with Crippen LogP contribution in [0.25, 0.3) is 0 Å². The largest absolute Gasteiger partial charge is 0.468 e. The lowest BCUT2D eigenvalue weighted by Gasteiger charge is -2.39. The van der Waals surface area contributed by atoms with Crippen LogP contribution in [0.2, 0.25) is 0 Å². The molecule has 120 valence electrons. The first kappa shape index (κ1) is 16.3. The third-order valence-corrected chi connectivity index (χ3v) is 4.96. The van der Waals surface area contributed by atoms with E-state index >= 15 is 0 Å². The van der Waals surface area contributed by atoms with Crippen LogP contribution in [0.1, 0.15) is 52.4 Å². The first-order valence-electron chi connectivity index (χ1n) is 8.19. The molecule has 1 saturated heterocycles. The Morgan fingerprint density at radius 3 is 2.43 bits per heavy atom. The number of hydrogen-bond donors (Lipinski definition) is 1. The second-order valence-corrected chi connectivity index (χ2v) is 6.44. The van der Waals surface area contributed by atoms with Gasteiger partial charge in [0, 0.05) is 25.0 Å². The number of nitrogens with one attached hydrogen (secondary N) is 1. The van der Waals surface area contributed by atoms with Gasteiger partial charge in [0.2, 0.25) is 5.91 Å². The van der Waals surface area contributed by atoms with Crippen molar-refractivity contribution in [2.24, 2.45) is 5.92 Å². The average molecular weight is 296 g/mol. The first-order valence-corrected chi connectivity index (χ1v) is 8.19. The molecule has 0 spiro atoms. The lowest BCUT2D eigenvalue weighted by Crippen LogP contribution is -2.49. The maximum Gasteiger partial charge on any atom is 0.322 e. The molecule has 1 saturated carbocycles. The maximum absolute atomic E-state index is 12.4. The zero-order chi connectivity index (χ0) is 15.4. The van der Waals surface area contributed by atoms with Gasteiger partial charge < -0.3 is 15.0 Å². The van der Waals surface area contributed by atoms with Crippen LogP contribution in [-0.2, 0) is 14.3 Å². The molecule has 2 fully saturated rings. The minimum absolute atomic E-state index is 0.125. The van der Waals surface area contributed by atoms with Gasteiger partial charge in [-0.2, -0.15) is 0 Å². The molecule has 5 heteroatoms. The van der Waals surface area contributed by atoms with E-state index in [0.29, 0.717) is 25.4 Å². The lowest BCUT2D eigenvalue weighted by atomic mass is 9.85. The molecule has 21 heavy (non-hydrogen) atoms. The third kappa shape index (κ3) is 3.76. The molecular formula is C16H28N2O3. The minimum atomic E-state index is -0.269. The predicted molar refractivity (Wildman–Crippen MR) is 80.8 cm³/mol. The number of hydrogen-bond acceptors (Lipinski definition) is 4. The van der Waals surface area contributed by atoms with E-state index in [1.807, 2.05) is 6.92 Å². The van der Waals surface area contributed by atoms with Gasteiger partial charge in [0.15, 0.2) is 0 Å². The van der Waals surface area contributed by atoms with Crippen LogP contribution in [0.15, 0.2) is 0 Å². The van der Waals surface area contributed by atoms with Gasteiger partial charge in [0.05, 0.1) is 7.11 Å². The Morgan fingerprint density at radius 2 is 1.86 bits per heavy atom. The summed E-state index contributed by atoms with van der Waals surface area (Å²) in [5.41, 5.74) is 0. The average Bonchev–Trinajstić information content (AvgIpc) is 2.98. The van der Waals surface area contributed by atoms with Crippen molar-refractivity contribution in [2.45, 2.75) is 70.5 Å². The molecular weight excluding hydrogens is 268 g/mol. The van der Waals surface area contributed by atoms with E-state index in [9.17, 15) is 9.59 Å². The zero-order valence-corrected chi connectivity index (χ0v) is 13.4. The Morgan fingerprint density at radius 1 is 1.19 bits per heavy atom. The van der Waals surface area contributed by atoms with Crippen molar-refractivity contribution < 1.29 is 14.3 Å². The number of rotatable bonds is 4. The Labute approximate surface area is 127 Å². The molecule has 0 radical (unpaired) electrons. The molecule has 1 aliphatic heterocycles. The highest BCUT2D eigenvalue weighted by Crippen LogP contribution is 2.30. The quantitative estimate of drug-likeness (QED) is 0.802. The fourth-order valence-electron chi connectivity index (χ4n) is 3.66. The maximum atomic E-state index is 12.4. The number of ether oxygens (including phenoxy) is 1. The van der Waals surface area contributed by atoms with Crippen LogP contribution in [0.4, 0.5) is 0 Å². The fourth-order valence-corrected chi connectivity index (χ4v) is 3.66. The Bertz CT molecular complexity index is 378. The van der Waals surface area contributed by atoms with Gasteiger partial charge >= 0.3 is 5.97 Å². The summed E-state index contributed by atoms with van der Waals surface area (Å²) in [6.45, 7) is 4.89. The molecule has 0 unspecified atom stereocenters. The monoisotopic (exact) mass is 296 g/mol. The van der Waals surface area contributed by atoms with E-state index in [1.54, 1.807) is 0 Å². The van der Waals surface area contributed by atoms with Crippen molar-refractivity contribution in [1.29, 1.82) is 0 Å². The smallest absolute Gasteiger partial charge is 0.322 e. The summed E-state index contributed by atoms with van der Waals surface area (Å²) >= 11 is 0. The van der Waals surface area contributed by atoms with Gasteiger partial charge in [-0.3, -0.25) is 9.59 Å². The van der Waals surface area contributed by atoms with Crippen molar-refractivity contribution in [3.05, 3.63) is 0 Å². The van der Waals surface area contributed by atoms with Crippen molar-refractivity contribution in [2.75, 3.05) is 13.7 Å². The summed E-state index contributed by atoms with van der Waals surface area (Å²) in [5.74, 6) is 0.759. The zero-order valence-electron chi connectivity index (χ0n) is 13.4. The van der Waals surface area contributed by atoms with E-state index in [4.69, 9.17) is 4.74 Å². The summed E-state index contributed by atoms with van der Waals surface area (Å²) in [7, 11) is 1.41. The normalized spacial score (nSPS) is 32.7. The van der Waals surface area contributed by atoms with Gasteiger partial charge in [-0.25, -0.2) is 0 Å². The molecule has 0 bridgehead atoms. The standard InChI is InChI=1S/C16H28N2O3/c1-4-15(19)18(12-7-5-11(2)6-8-12)13-9-14(17-10-13)16(20)21-3/h11-14,17H,4-10H2,1-3H3/t11?,12?,13-,14-/m0/s1. The van der Waals surface area contributed by atoms with Crippen LogP contribution in [0.3, 0.4) is 0 Å².